The van der Waals surface area contributed by atoms with Gasteiger partial charge in [-0.05, 0) is 50.1 Å². The summed E-state index contributed by atoms with van der Waals surface area (Å²) in [5.41, 5.74) is 0.292. The number of halogens is 4. The normalized spacial score (nSPS) is 12.8. The van der Waals surface area contributed by atoms with Gasteiger partial charge in [0, 0.05) is 6.04 Å². The third-order valence-electron chi connectivity index (χ3n) is 4.14. The number of carbonyl (C=O) groups is 2. The van der Waals surface area contributed by atoms with Crippen molar-refractivity contribution in [2.24, 2.45) is 0 Å². The number of nitrogens with one attached hydrogen (secondary N) is 1. The number of hydrogen-bond donors (Lipinski definition) is 1. The first-order valence-corrected chi connectivity index (χ1v) is 10.9. The maximum absolute atomic E-state index is 13.1. The van der Waals surface area contributed by atoms with Crippen LogP contribution in [0.3, 0.4) is 0 Å². The fourth-order valence-corrected chi connectivity index (χ4v) is 4.76. The highest BCUT2D eigenvalue weighted by atomic mass is 35.5. The number of amides is 1. The predicted octanol–water partition coefficient (Wildman–Crippen LogP) is 3.96. The molecule has 2 rings (SSSR count). The van der Waals surface area contributed by atoms with Crippen LogP contribution >= 0.6 is 11.6 Å². The number of esters is 1. The molecule has 0 bridgehead atoms. The number of carbonyl (C=O) groups excluding carboxylic acids is 2. The Morgan fingerprint density at radius 3 is 2.29 bits per heavy atom. The third-order valence-corrected chi connectivity index (χ3v) is 6.44. The Hall–Kier alpha value is -2.59. The van der Waals surface area contributed by atoms with Gasteiger partial charge in [-0.3, -0.25) is 4.79 Å². The average molecular weight is 478 g/mol. The van der Waals surface area contributed by atoms with Gasteiger partial charge >= 0.3 is 18.1 Å². The molecule has 31 heavy (non-hydrogen) atoms. The Morgan fingerprint density at radius 1 is 1.13 bits per heavy atom. The van der Waals surface area contributed by atoms with Gasteiger partial charge in [-0.15, -0.1) is 0 Å². The van der Waals surface area contributed by atoms with E-state index in [0.29, 0.717) is 5.56 Å². The van der Waals surface area contributed by atoms with E-state index >= 15 is 0 Å². The van der Waals surface area contributed by atoms with Gasteiger partial charge in [0.25, 0.3) is 0 Å². The zero-order valence-electron chi connectivity index (χ0n) is 16.5. The second kappa shape index (κ2) is 9.69. The molecule has 0 aliphatic heterocycles. The quantitative estimate of drug-likeness (QED) is 0.610. The van der Waals surface area contributed by atoms with Gasteiger partial charge in [-0.2, -0.15) is 13.2 Å². The van der Waals surface area contributed by atoms with Crippen LogP contribution in [-0.4, -0.2) is 39.1 Å². The van der Waals surface area contributed by atoms with Crippen LogP contribution in [0.15, 0.2) is 52.3 Å². The molecule has 168 valence electrons. The number of benzene rings is 2. The van der Waals surface area contributed by atoms with Crippen molar-refractivity contribution in [3.8, 4) is 0 Å². The van der Waals surface area contributed by atoms with Crippen molar-refractivity contribution in [1.29, 1.82) is 0 Å². The van der Waals surface area contributed by atoms with Crippen molar-refractivity contribution in [2.45, 2.75) is 42.3 Å². The minimum Gasteiger partial charge on any atom is -0.462 e. The minimum absolute atomic E-state index is 0.0440. The molecule has 0 aromatic heterocycles. The molecular formula is C20H19ClF3NO5S. The molecule has 0 radical (unpaired) electrons. The summed E-state index contributed by atoms with van der Waals surface area (Å²) in [4.78, 5) is 22.6. The van der Waals surface area contributed by atoms with Gasteiger partial charge in [-0.1, -0.05) is 29.8 Å². The van der Waals surface area contributed by atoms with Crippen LogP contribution in [-0.2, 0) is 25.8 Å². The van der Waals surface area contributed by atoms with E-state index < -0.39 is 38.8 Å². The summed E-state index contributed by atoms with van der Waals surface area (Å²) >= 11 is 6.07. The van der Waals surface area contributed by atoms with Crippen molar-refractivity contribution < 1.29 is 35.9 Å². The fourth-order valence-electron chi connectivity index (χ4n) is 2.78. The Bertz CT molecular complexity index is 1070. The van der Waals surface area contributed by atoms with Gasteiger partial charge in [0.15, 0.2) is 0 Å². The average Bonchev–Trinajstić information content (AvgIpc) is 2.67. The van der Waals surface area contributed by atoms with E-state index in [1.165, 1.54) is 49.4 Å². The van der Waals surface area contributed by atoms with E-state index in [1.807, 2.05) is 5.32 Å². The van der Waals surface area contributed by atoms with Crippen LogP contribution in [0.25, 0.3) is 0 Å². The fraction of sp³-hybridized carbons (Fsp3) is 0.300. The summed E-state index contributed by atoms with van der Waals surface area (Å²) in [5.74, 6) is -2.89. The number of sulfone groups is 1. The highest BCUT2D eigenvalue weighted by Crippen LogP contribution is 2.31. The molecule has 1 amide bonds. The van der Waals surface area contributed by atoms with Crippen LogP contribution < -0.4 is 5.32 Å². The molecule has 1 N–H and O–H groups in total. The van der Waals surface area contributed by atoms with E-state index in [2.05, 4.69) is 0 Å². The number of hydrogen-bond acceptors (Lipinski definition) is 5. The minimum atomic E-state index is -4.99. The first-order valence-electron chi connectivity index (χ1n) is 9.05. The van der Waals surface area contributed by atoms with Gasteiger partial charge in [0.05, 0.1) is 22.1 Å². The molecule has 0 fully saturated rings. The predicted molar refractivity (Wildman–Crippen MR) is 107 cm³/mol. The standard InChI is InChI=1S/C20H19ClF3NO5S/c1-3-30-18(26)15-5-4-6-16(21)17(15)31(28,29)14-9-7-13(8-10-14)11-12(2)25-19(27)20(22,23)24/h4-10,12H,3,11H2,1-2H3,(H,25,27)/t12-/m1/s1. The Balaban J connectivity index is 2.29. The summed E-state index contributed by atoms with van der Waals surface area (Å²) in [7, 11) is -4.20. The van der Waals surface area contributed by atoms with Crippen molar-refractivity contribution in [1.82, 2.24) is 5.32 Å². The first kappa shape index (κ1) is 24.7. The molecule has 0 saturated heterocycles. The lowest BCUT2D eigenvalue weighted by Gasteiger charge is -2.16. The summed E-state index contributed by atoms with van der Waals surface area (Å²) in [6.45, 7) is 3.01. The highest BCUT2D eigenvalue weighted by Gasteiger charge is 2.39. The number of ether oxygens (including phenoxy) is 1. The molecule has 1 atom stereocenters. The van der Waals surface area contributed by atoms with Gasteiger partial charge in [0.1, 0.15) is 4.90 Å². The smallest absolute Gasteiger partial charge is 0.462 e. The molecule has 0 heterocycles. The van der Waals surface area contributed by atoms with E-state index in [4.69, 9.17) is 16.3 Å². The molecule has 0 spiro atoms. The topological polar surface area (TPSA) is 89.5 Å². The molecule has 0 aliphatic carbocycles. The Morgan fingerprint density at radius 2 is 1.74 bits per heavy atom. The molecule has 6 nitrogen and oxygen atoms in total. The van der Waals surface area contributed by atoms with Crippen LogP contribution in [0.5, 0.6) is 0 Å². The van der Waals surface area contributed by atoms with Gasteiger partial charge < -0.3 is 10.1 Å². The van der Waals surface area contributed by atoms with Crippen molar-refractivity contribution >= 4 is 33.3 Å². The lowest BCUT2D eigenvalue weighted by molar-refractivity contribution is -0.174. The van der Waals surface area contributed by atoms with Crippen LogP contribution in [0, 0.1) is 0 Å². The molecule has 0 saturated carbocycles. The first-order chi connectivity index (χ1) is 14.4. The van der Waals surface area contributed by atoms with Crippen LogP contribution in [0.1, 0.15) is 29.8 Å². The zero-order chi connectivity index (χ0) is 23.4. The van der Waals surface area contributed by atoms with Crippen molar-refractivity contribution in [3.05, 3.63) is 58.6 Å². The monoisotopic (exact) mass is 477 g/mol. The summed E-state index contributed by atoms with van der Waals surface area (Å²) in [6, 6.07) is 8.52. The molecular weight excluding hydrogens is 459 g/mol. The van der Waals surface area contributed by atoms with Crippen molar-refractivity contribution in [3.63, 3.8) is 0 Å². The number of rotatable bonds is 7. The third kappa shape index (κ3) is 5.98. The van der Waals surface area contributed by atoms with Crippen LogP contribution in [0.4, 0.5) is 13.2 Å². The Kier molecular flexibility index (Phi) is 7.72. The molecule has 2 aromatic carbocycles. The van der Waals surface area contributed by atoms with E-state index in [-0.39, 0.29) is 28.5 Å². The van der Waals surface area contributed by atoms with E-state index in [0.717, 1.165) is 0 Å². The molecule has 0 aliphatic rings. The SMILES string of the molecule is CCOC(=O)c1cccc(Cl)c1S(=O)(=O)c1ccc(C[C@@H](C)NC(=O)C(F)(F)F)cc1. The summed E-state index contributed by atoms with van der Waals surface area (Å²) in [5, 5.41) is 1.67. The molecule has 0 unspecified atom stereocenters. The van der Waals surface area contributed by atoms with Gasteiger partial charge in [-0.25, -0.2) is 13.2 Å². The zero-order valence-corrected chi connectivity index (χ0v) is 18.1. The van der Waals surface area contributed by atoms with E-state index in [9.17, 15) is 31.2 Å². The second-order valence-electron chi connectivity index (χ2n) is 6.56. The molecule has 11 heteroatoms. The number of alkyl halides is 3. The second-order valence-corrected chi connectivity index (χ2v) is 8.85. The summed E-state index contributed by atoms with van der Waals surface area (Å²) < 4.78 is 68.1. The Labute approximate surface area is 182 Å². The molecule has 2 aromatic rings. The summed E-state index contributed by atoms with van der Waals surface area (Å²) in [6.07, 6.45) is -4.94. The maximum atomic E-state index is 13.1. The largest absolute Gasteiger partial charge is 0.471 e. The van der Waals surface area contributed by atoms with E-state index in [1.54, 1.807) is 6.92 Å². The maximum Gasteiger partial charge on any atom is 0.471 e. The van der Waals surface area contributed by atoms with Crippen molar-refractivity contribution in [2.75, 3.05) is 6.61 Å². The highest BCUT2D eigenvalue weighted by molar-refractivity contribution is 7.91. The van der Waals surface area contributed by atoms with Crippen LogP contribution in [0.2, 0.25) is 5.02 Å². The lowest BCUT2D eigenvalue weighted by atomic mass is 10.1. The lowest BCUT2D eigenvalue weighted by Crippen LogP contribution is -2.42. The van der Waals surface area contributed by atoms with Gasteiger partial charge in [0.2, 0.25) is 9.84 Å².